The van der Waals surface area contributed by atoms with Crippen LogP contribution in [0.1, 0.15) is 66.3 Å². The highest BCUT2D eigenvalue weighted by Crippen LogP contribution is 2.29. The van der Waals surface area contributed by atoms with E-state index in [0.29, 0.717) is 44.5 Å². The largest absolute Gasteiger partial charge is 0.467 e. The lowest BCUT2D eigenvalue weighted by Crippen LogP contribution is -2.50. The summed E-state index contributed by atoms with van der Waals surface area (Å²) in [6, 6.07) is 10.9. The number of hydrogen-bond donors (Lipinski definition) is 3. The van der Waals surface area contributed by atoms with Crippen molar-refractivity contribution in [2.24, 2.45) is 5.92 Å². The number of benzene rings is 1. The van der Waals surface area contributed by atoms with Crippen LogP contribution < -0.4 is 10.6 Å². The molecule has 1 saturated heterocycles. The highest BCUT2D eigenvalue weighted by atomic mass is 16.5. The number of carbonyl (C=O) groups excluding carboxylic acids is 3. The van der Waals surface area contributed by atoms with Crippen LogP contribution in [-0.2, 0) is 16.0 Å². The number of amides is 3. The van der Waals surface area contributed by atoms with Crippen LogP contribution in [0.2, 0.25) is 0 Å². The number of fused-ring (bicyclic) bond motifs is 1. The lowest BCUT2D eigenvalue weighted by molar-refractivity contribution is -0.143. The van der Waals surface area contributed by atoms with Gasteiger partial charge < -0.3 is 25.3 Å². The summed E-state index contributed by atoms with van der Waals surface area (Å²) >= 11 is 0. The van der Waals surface area contributed by atoms with E-state index < -0.39 is 12.0 Å². The zero-order valence-corrected chi connectivity index (χ0v) is 23.3. The summed E-state index contributed by atoms with van der Waals surface area (Å²) in [5, 5.41) is 7.08. The number of nitrogens with zero attached hydrogens (tertiary/aromatic N) is 2. The molecule has 0 spiro atoms. The third-order valence-electron chi connectivity index (χ3n) is 7.32. The standard InChI is InChI=1S/C30H39N5O4/c1-19(2)17-26(29(37)39-4)34-30(38)35-15-12-21(13-16-35)27-24(10-9-20(3)33-27)28(36)31-14-11-22-18-32-25-8-6-5-7-23(22)25/h5-10,18-19,21,26,32H,11-17H2,1-4H3,(H,31,36)(H,34,38)/t26-/m0/s1. The minimum atomic E-state index is -0.668. The first-order valence-corrected chi connectivity index (χ1v) is 13.7. The molecule has 2 aromatic heterocycles. The molecular formula is C30H39N5O4. The number of ether oxygens (including phenoxy) is 1. The Kier molecular flexibility index (Phi) is 9.22. The van der Waals surface area contributed by atoms with Gasteiger partial charge in [-0.05, 0) is 62.3 Å². The van der Waals surface area contributed by atoms with Crippen LogP contribution in [0.25, 0.3) is 10.9 Å². The van der Waals surface area contributed by atoms with E-state index in [4.69, 9.17) is 9.72 Å². The fourth-order valence-corrected chi connectivity index (χ4v) is 5.25. The molecule has 3 N–H and O–H groups in total. The van der Waals surface area contributed by atoms with Crippen molar-refractivity contribution < 1.29 is 19.1 Å². The van der Waals surface area contributed by atoms with Gasteiger partial charge >= 0.3 is 12.0 Å². The molecule has 9 heteroatoms. The molecule has 0 radical (unpaired) electrons. The van der Waals surface area contributed by atoms with Crippen molar-refractivity contribution in [3.05, 3.63) is 65.1 Å². The monoisotopic (exact) mass is 533 g/mol. The third kappa shape index (κ3) is 6.96. The molecule has 9 nitrogen and oxygen atoms in total. The normalized spacial score (nSPS) is 14.8. The van der Waals surface area contributed by atoms with Gasteiger partial charge in [-0.3, -0.25) is 9.78 Å². The van der Waals surface area contributed by atoms with Crippen LogP contribution >= 0.6 is 0 Å². The molecule has 1 aromatic carbocycles. The van der Waals surface area contributed by atoms with Crippen molar-refractivity contribution in [1.82, 2.24) is 25.5 Å². The summed E-state index contributed by atoms with van der Waals surface area (Å²) in [6.07, 6.45) is 4.61. The molecule has 0 bridgehead atoms. The number of methoxy groups -OCH3 is 1. The first kappa shape index (κ1) is 28.1. The second kappa shape index (κ2) is 12.8. The molecule has 4 rings (SSSR count). The fourth-order valence-electron chi connectivity index (χ4n) is 5.25. The van der Waals surface area contributed by atoms with Gasteiger partial charge in [0.15, 0.2) is 0 Å². The zero-order valence-electron chi connectivity index (χ0n) is 23.3. The third-order valence-corrected chi connectivity index (χ3v) is 7.32. The molecule has 1 aliphatic rings. The van der Waals surface area contributed by atoms with E-state index in [1.54, 1.807) is 4.90 Å². The quantitative estimate of drug-likeness (QED) is 0.354. The van der Waals surface area contributed by atoms with Crippen molar-refractivity contribution in [1.29, 1.82) is 0 Å². The van der Waals surface area contributed by atoms with E-state index in [1.165, 1.54) is 18.1 Å². The summed E-state index contributed by atoms with van der Waals surface area (Å²) in [4.78, 5) is 48.0. The Morgan fingerprint density at radius 1 is 1.13 bits per heavy atom. The number of likely N-dealkylation sites (tertiary alicyclic amines) is 1. The zero-order chi connectivity index (χ0) is 27.9. The maximum atomic E-state index is 13.2. The first-order chi connectivity index (χ1) is 18.8. The van der Waals surface area contributed by atoms with Gasteiger partial charge in [0.1, 0.15) is 6.04 Å². The van der Waals surface area contributed by atoms with Crippen molar-refractivity contribution in [3.63, 3.8) is 0 Å². The number of rotatable bonds is 9. The second-order valence-corrected chi connectivity index (χ2v) is 10.7. The highest BCUT2D eigenvalue weighted by molar-refractivity contribution is 5.95. The van der Waals surface area contributed by atoms with Gasteiger partial charge in [-0.1, -0.05) is 32.0 Å². The van der Waals surface area contributed by atoms with Gasteiger partial charge in [-0.25, -0.2) is 9.59 Å². The Labute approximate surface area is 229 Å². The molecule has 1 aliphatic heterocycles. The molecule has 1 atom stereocenters. The number of esters is 1. The van der Waals surface area contributed by atoms with Crippen LogP contribution in [-0.4, -0.2) is 65.6 Å². The van der Waals surface area contributed by atoms with Crippen LogP contribution in [0.15, 0.2) is 42.6 Å². The number of aromatic amines is 1. The summed E-state index contributed by atoms with van der Waals surface area (Å²) in [5.74, 6) is -0.266. The number of hydrogen-bond acceptors (Lipinski definition) is 5. The summed E-state index contributed by atoms with van der Waals surface area (Å²) in [5.41, 5.74) is 4.48. The summed E-state index contributed by atoms with van der Waals surface area (Å²) < 4.78 is 4.87. The molecule has 1 fully saturated rings. The van der Waals surface area contributed by atoms with Crippen LogP contribution in [0.5, 0.6) is 0 Å². The number of aryl methyl sites for hydroxylation is 1. The molecule has 3 aromatic rings. The average molecular weight is 534 g/mol. The van der Waals surface area contributed by atoms with Crippen molar-refractivity contribution >= 4 is 28.8 Å². The fraction of sp³-hybridized carbons (Fsp3) is 0.467. The number of carbonyl (C=O) groups is 3. The lowest BCUT2D eigenvalue weighted by atomic mass is 9.90. The topological polar surface area (TPSA) is 116 Å². The van der Waals surface area contributed by atoms with Gasteiger partial charge in [0.25, 0.3) is 5.91 Å². The minimum Gasteiger partial charge on any atom is -0.467 e. The SMILES string of the molecule is COC(=O)[C@H](CC(C)C)NC(=O)N1CCC(c2nc(C)ccc2C(=O)NCCc2c[nH]c3ccccc23)CC1. The Bertz CT molecular complexity index is 1310. The molecule has 3 amide bonds. The number of aromatic nitrogens is 2. The molecule has 0 saturated carbocycles. The van der Waals surface area contributed by atoms with Gasteiger partial charge in [0.05, 0.1) is 18.4 Å². The number of H-pyrrole nitrogens is 1. The Hall–Kier alpha value is -3.88. The maximum Gasteiger partial charge on any atom is 0.328 e. The van der Waals surface area contributed by atoms with Crippen LogP contribution in [0, 0.1) is 12.8 Å². The number of pyridine rings is 1. The Morgan fingerprint density at radius 2 is 1.87 bits per heavy atom. The molecule has 0 aliphatic carbocycles. The van der Waals surface area contributed by atoms with E-state index in [2.05, 4.69) is 21.7 Å². The van der Waals surface area contributed by atoms with Crippen molar-refractivity contribution in [3.8, 4) is 0 Å². The van der Waals surface area contributed by atoms with Crippen molar-refractivity contribution in [2.45, 2.75) is 58.4 Å². The number of piperidine rings is 1. The molecule has 3 heterocycles. The maximum absolute atomic E-state index is 13.2. The van der Waals surface area contributed by atoms with Crippen LogP contribution in [0.4, 0.5) is 4.79 Å². The minimum absolute atomic E-state index is 0.0652. The van der Waals surface area contributed by atoms with E-state index >= 15 is 0 Å². The lowest BCUT2D eigenvalue weighted by Gasteiger charge is -2.33. The van der Waals surface area contributed by atoms with Gasteiger partial charge in [-0.15, -0.1) is 0 Å². The Balaban J connectivity index is 1.36. The highest BCUT2D eigenvalue weighted by Gasteiger charge is 2.30. The smallest absolute Gasteiger partial charge is 0.328 e. The average Bonchev–Trinajstić information content (AvgIpc) is 3.35. The van der Waals surface area contributed by atoms with Crippen LogP contribution in [0.3, 0.4) is 0 Å². The van der Waals surface area contributed by atoms with Crippen molar-refractivity contribution in [2.75, 3.05) is 26.7 Å². The Morgan fingerprint density at radius 3 is 2.59 bits per heavy atom. The molecular weight excluding hydrogens is 494 g/mol. The summed E-state index contributed by atoms with van der Waals surface area (Å²) in [6.45, 7) is 7.47. The van der Waals surface area contributed by atoms with E-state index in [-0.39, 0.29) is 23.8 Å². The number of para-hydroxylation sites is 1. The second-order valence-electron chi connectivity index (χ2n) is 10.7. The van der Waals surface area contributed by atoms with Gasteiger partial charge in [0.2, 0.25) is 0 Å². The van der Waals surface area contributed by atoms with E-state index in [1.807, 2.05) is 57.3 Å². The first-order valence-electron chi connectivity index (χ1n) is 13.7. The van der Waals surface area contributed by atoms with E-state index in [9.17, 15) is 14.4 Å². The molecule has 39 heavy (non-hydrogen) atoms. The van der Waals surface area contributed by atoms with Gasteiger partial charge in [-0.2, -0.15) is 0 Å². The summed E-state index contributed by atoms with van der Waals surface area (Å²) in [7, 11) is 1.33. The predicted molar refractivity (Wildman–Crippen MR) is 151 cm³/mol. The number of nitrogens with one attached hydrogen (secondary N) is 3. The molecule has 208 valence electrons. The number of urea groups is 1. The predicted octanol–water partition coefficient (Wildman–Crippen LogP) is 4.32. The molecule has 0 unspecified atom stereocenters. The van der Waals surface area contributed by atoms with E-state index in [0.717, 1.165) is 23.3 Å². The van der Waals surface area contributed by atoms with Gasteiger partial charge in [0, 0.05) is 48.3 Å².